The molecule has 0 spiro atoms. The van der Waals surface area contributed by atoms with Crippen molar-refractivity contribution in [2.24, 2.45) is 0 Å². The zero-order valence-corrected chi connectivity index (χ0v) is 19.2. The number of alkyl halides is 3. The summed E-state index contributed by atoms with van der Waals surface area (Å²) >= 11 is 0. The summed E-state index contributed by atoms with van der Waals surface area (Å²) in [5.74, 6) is -0.528. The van der Waals surface area contributed by atoms with E-state index in [0.29, 0.717) is 27.9 Å². The summed E-state index contributed by atoms with van der Waals surface area (Å²) in [5, 5.41) is 11.0. The van der Waals surface area contributed by atoms with Gasteiger partial charge in [0, 0.05) is 17.7 Å². The topological polar surface area (TPSA) is 48.9 Å². The molecule has 1 atom stereocenters. The number of pyridine rings is 1. The number of aromatic nitrogens is 2. The van der Waals surface area contributed by atoms with Crippen LogP contribution in [0.2, 0.25) is 0 Å². The van der Waals surface area contributed by atoms with Gasteiger partial charge >= 0.3 is 6.18 Å². The van der Waals surface area contributed by atoms with E-state index in [-0.39, 0.29) is 5.69 Å². The van der Waals surface area contributed by atoms with Gasteiger partial charge in [-0.2, -0.15) is 13.2 Å². The maximum atomic E-state index is 14.2. The van der Waals surface area contributed by atoms with Crippen LogP contribution in [0.1, 0.15) is 37.1 Å². The summed E-state index contributed by atoms with van der Waals surface area (Å²) in [4.78, 5) is 7.53. The highest BCUT2D eigenvalue weighted by Gasteiger charge is 2.56. The molecule has 0 radical (unpaired) electrons. The predicted octanol–water partition coefficient (Wildman–Crippen LogP) is 6.88. The third kappa shape index (κ3) is 4.71. The van der Waals surface area contributed by atoms with E-state index in [4.69, 9.17) is 0 Å². The Balaban J connectivity index is 1.67. The Morgan fingerprint density at radius 1 is 0.941 bits per heavy atom. The van der Waals surface area contributed by atoms with Crippen LogP contribution in [0.5, 0.6) is 0 Å². The van der Waals surface area contributed by atoms with E-state index in [2.05, 4.69) is 9.97 Å². The largest absolute Gasteiger partial charge is 0.417 e. The van der Waals surface area contributed by atoms with E-state index in [0.717, 1.165) is 5.56 Å². The highest BCUT2D eigenvalue weighted by atomic mass is 19.4. The van der Waals surface area contributed by atoms with Gasteiger partial charge in [-0.3, -0.25) is 0 Å². The van der Waals surface area contributed by atoms with Crippen molar-refractivity contribution in [1.82, 2.24) is 9.97 Å². The Morgan fingerprint density at radius 2 is 1.65 bits per heavy atom. The lowest BCUT2D eigenvalue weighted by molar-refractivity contribution is -0.266. The molecule has 2 aromatic carbocycles. The molecule has 0 amide bonds. The fraction of sp³-hybridized carbons (Fsp3) is 0.296. The summed E-state index contributed by atoms with van der Waals surface area (Å²) in [7, 11) is 0. The van der Waals surface area contributed by atoms with Crippen molar-refractivity contribution in [3.63, 3.8) is 0 Å². The molecular weight excluding hydrogens is 444 g/mol. The van der Waals surface area contributed by atoms with Crippen LogP contribution in [0.4, 0.5) is 17.6 Å². The third-order valence-electron chi connectivity index (χ3n) is 6.27. The van der Waals surface area contributed by atoms with Crippen molar-refractivity contribution in [3.05, 3.63) is 89.4 Å². The summed E-state index contributed by atoms with van der Waals surface area (Å²) in [6.07, 6.45) is -6.21. The Bertz CT molecular complexity index is 1310. The fourth-order valence-electron chi connectivity index (χ4n) is 4.66. The van der Waals surface area contributed by atoms with Crippen LogP contribution in [-0.4, -0.2) is 26.9 Å². The average molecular weight is 471 g/mol. The number of aromatic amines is 1. The number of hydrogen-bond acceptors (Lipinski definition) is 2. The van der Waals surface area contributed by atoms with Crippen molar-refractivity contribution in [2.75, 3.05) is 0 Å². The molecule has 4 aromatic rings. The number of nitrogens with one attached hydrogen (secondary N) is 1. The number of halogens is 4. The number of benzene rings is 2. The Hall–Kier alpha value is -3.19. The average Bonchev–Trinajstić information content (AvgIpc) is 3.15. The second-order valence-electron chi connectivity index (χ2n) is 9.52. The first-order valence-corrected chi connectivity index (χ1v) is 11.0. The second-order valence-corrected chi connectivity index (χ2v) is 9.52. The molecule has 34 heavy (non-hydrogen) atoms. The first kappa shape index (κ1) is 24.0. The van der Waals surface area contributed by atoms with Gasteiger partial charge in [0.1, 0.15) is 5.82 Å². The van der Waals surface area contributed by atoms with E-state index in [9.17, 15) is 22.7 Å². The van der Waals surface area contributed by atoms with Gasteiger partial charge in [0.25, 0.3) is 0 Å². The van der Waals surface area contributed by atoms with E-state index >= 15 is 0 Å². The Morgan fingerprint density at radius 3 is 2.32 bits per heavy atom. The number of aryl methyl sites for hydroxylation is 1. The molecule has 1 unspecified atom stereocenters. The lowest BCUT2D eigenvalue weighted by atomic mass is 9.72. The minimum absolute atomic E-state index is 0.222. The Labute approximate surface area is 195 Å². The number of aliphatic hydroxyl groups is 1. The zero-order chi connectivity index (χ0) is 24.7. The second kappa shape index (κ2) is 8.55. The van der Waals surface area contributed by atoms with Gasteiger partial charge in [-0.1, -0.05) is 50.2 Å². The monoisotopic (exact) mass is 470 g/mol. The molecule has 7 heteroatoms. The third-order valence-corrected chi connectivity index (χ3v) is 6.27. The first-order valence-electron chi connectivity index (χ1n) is 11.0. The van der Waals surface area contributed by atoms with Crippen LogP contribution in [0, 0.1) is 12.7 Å². The van der Waals surface area contributed by atoms with E-state index < -0.39 is 35.9 Å². The van der Waals surface area contributed by atoms with Gasteiger partial charge in [0.15, 0.2) is 5.60 Å². The first-order chi connectivity index (χ1) is 15.9. The van der Waals surface area contributed by atoms with Crippen LogP contribution >= 0.6 is 0 Å². The van der Waals surface area contributed by atoms with E-state index in [1.54, 1.807) is 39.0 Å². The normalized spacial score (nSPS) is 14.4. The molecule has 2 heterocycles. The number of hydrogen-bond donors (Lipinski definition) is 2. The molecule has 0 saturated heterocycles. The number of nitrogens with zero attached hydrogens (tertiary/aromatic N) is 1. The Kier molecular flexibility index (Phi) is 6.02. The molecule has 0 aliphatic carbocycles. The van der Waals surface area contributed by atoms with Gasteiger partial charge in [0.05, 0.1) is 16.7 Å². The van der Waals surface area contributed by atoms with Crippen LogP contribution in [0.25, 0.3) is 22.3 Å². The van der Waals surface area contributed by atoms with Gasteiger partial charge in [-0.15, -0.1) is 0 Å². The standard InChI is InChI=1S/C27H26F4N2O/c1-17-9-10-19(28)13-21(17)25(2,3)16-26(34,27(29,30)31)15-20-14-24-23(32-20)12-11-22(33-24)18-7-5-4-6-8-18/h4-14,32,34H,15-16H2,1-3H3. The summed E-state index contributed by atoms with van der Waals surface area (Å²) in [5.41, 5.74) is -0.154. The zero-order valence-electron chi connectivity index (χ0n) is 19.2. The molecule has 2 N–H and O–H groups in total. The number of fused-ring (bicyclic) bond motifs is 1. The fourth-order valence-corrected chi connectivity index (χ4v) is 4.66. The van der Waals surface area contributed by atoms with E-state index in [1.807, 2.05) is 30.3 Å². The summed E-state index contributed by atoms with van der Waals surface area (Å²) < 4.78 is 56.5. The van der Waals surface area contributed by atoms with Crippen molar-refractivity contribution in [2.45, 2.75) is 50.8 Å². The molecule has 0 fully saturated rings. The van der Waals surface area contributed by atoms with Crippen molar-refractivity contribution in [3.8, 4) is 11.3 Å². The number of rotatable bonds is 6. The quantitative estimate of drug-likeness (QED) is 0.302. The molecule has 4 rings (SSSR count). The van der Waals surface area contributed by atoms with Crippen LogP contribution < -0.4 is 0 Å². The lowest BCUT2D eigenvalue weighted by Crippen LogP contribution is -2.51. The molecule has 0 aliphatic heterocycles. The van der Waals surface area contributed by atoms with Crippen molar-refractivity contribution in [1.29, 1.82) is 0 Å². The minimum atomic E-state index is -4.90. The van der Waals surface area contributed by atoms with Crippen LogP contribution in [0.3, 0.4) is 0 Å². The SMILES string of the molecule is Cc1ccc(F)cc1C(C)(C)CC(O)(Cc1cc2nc(-c3ccccc3)ccc2[nH]1)C(F)(F)F. The van der Waals surface area contributed by atoms with Gasteiger partial charge < -0.3 is 10.1 Å². The van der Waals surface area contributed by atoms with Gasteiger partial charge in [-0.25, -0.2) is 9.37 Å². The smallest absolute Gasteiger partial charge is 0.380 e. The summed E-state index contributed by atoms with van der Waals surface area (Å²) in [6, 6.07) is 18.6. The maximum absolute atomic E-state index is 14.2. The van der Waals surface area contributed by atoms with Gasteiger partial charge in [-0.05, 0) is 60.2 Å². The lowest BCUT2D eigenvalue weighted by Gasteiger charge is -2.38. The highest BCUT2D eigenvalue weighted by Crippen LogP contribution is 2.44. The predicted molar refractivity (Wildman–Crippen MR) is 125 cm³/mol. The summed E-state index contributed by atoms with van der Waals surface area (Å²) in [6.45, 7) is 4.89. The molecule has 0 bridgehead atoms. The molecule has 2 aromatic heterocycles. The molecule has 0 saturated carbocycles. The maximum Gasteiger partial charge on any atom is 0.417 e. The minimum Gasteiger partial charge on any atom is -0.380 e. The van der Waals surface area contributed by atoms with Crippen LogP contribution in [0.15, 0.2) is 66.7 Å². The molecule has 178 valence electrons. The number of H-pyrrole nitrogens is 1. The van der Waals surface area contributed by atoms with Crippen LogP contribution in [-0.2, 0) is 11.8 Å². The molecular formula is C27H26F4N2O. The highest BCUT2D eigenvalue weighted by molar-refractivity contribution is 5.79. The van der Waals surface area contributed by atoms with Gasteiger partial charge in [0.2, 0.25) is 0 Å². The molecule has 3 nitrogen and oxygen atoms in total. The van der Waals surface area contributed by atoms with Crippen molar-refractivity contribution < 1.29 is 22.7 Å². The molecule has 0 aliphatic rings. The van der Waals surface area contributed by atoms with E-state index in [1.165, 1.54) is 18.2 Å². The van der Waals surface area contributed by atoms with Crippen molar-refractivity contribution >= 4 is 11.0 Å².